The molecule has 1 aliphatic carbocycles. The van der Waals surface area contributed by atoms with E-state index in [0.717, 1.165) is 18.7 Å². The third-order valence-corrected chi connectivity index (χ3v) is 3.66. The topological polar surface area (TPSA) is 83.8 Å². The number of aromatic amines is 1. The van der Waals surface area contributed by atoms with Crippen LogP contribution in [-0.2, 0) is 11.3 Å². The number of amides is 1. The number of aromatic nitrogens is 2. The molecule has 1 aromatic rings. The van der Waals surface area contributed by atoms with Gasteiger partial charge in [0.15, 0.2) is 0 Å². The summed E-state index contributed by atoms with van der Waals surface area (Å²) >= 11 is 5.02. The highest BCUT2D eigenvalue weighted by Gasteiger charge is 2.50. The normalized spacial score (nSPS) is 27.2. The standard InChI is InChI=1S/C11H16N4OS/c1-7-4-11(5-7,9(12)17)10(16)15-6-8-13-2-3-14-8/h2-3,7H,4-6H2,1H3,(H2,12,17)(H,13,14)(H,15,16). The number of nitrogens with one attached hydrogen (secondary N) is 2. The van der Waals surface area contributed by atoms with Gasteiger partial charge < -0.3 is 16.0 Å². The zero-order valence-electron chi connectivity index (χ0n) is 9.69. The quantitative estimate of drug-likeness (QED) is 0.690. The SMILES string of the molecule is CC1CC(C(=O)NCc2ncc[nH]2)(C(N)=S)C1. The highest BCUT2D eigenvalue weighted by Crippen LogP contribution is 2.45. The average Bonchev–Trinajstić information content (AvgIpc) is 2.73. The van der Waals surface area contributed by atoms with Crippen LogP contribution in [0.5, 0.6) is 0 Å². The van der Waals surface area contributed by atoms with E-state index >= 15 is 0 Å². The molecule has 4 N–H and O–H groups in total. The molecule has 5 nitrogen and oxygen atoms in total. The molecule has 0 aliphatic heterocycles. The Labute approximate surface area is 105 Å². The van der Waals surface area contributed by atoms with Gasteiger partial charge in [-0.3, -0.25) is 4.79 Å². The van der Waals surface area contributed by atoms with Gasteiger partial charge in [0.25, 0.3) is 0 Å². The molecule has 0 radical (unpaired) electrons. The van der Waals surface area contributed by atoms with Crippen LogP contribution in [0.4, 0.5) is 0 Å². The number of nitrogens with zero attached hydrogens (tertiary/aromatic N) is 1. The van der Waals surface area contributed by atoms with Crippen LogP contribution in [0.1, 0.15) is 25.6 Å². The van der Waals surface area contributed by atoms with Crippen molar-refractivity contribution >= 4 is 23.1 Å². The molecular formula is C11H16N4OS. The van der Waals surface area contributed by atoms with Crippen molar-refractivity contribution in [2.24, 2.45) is 17.1 Å². The van der Waals surface area contributed by atoms with Crippen molar-refractivity contribution in [3.05, 3.63) is 18.2 Å². The first-order valence-electron chi connectivity index (χ1n) is 5.61. The maximum Gasteiger partial charge on any atom is 0.233 e. The number of H-pyrrole nitrogens is 1. The fourth-order valence-corrected chi connectivity index (χ4v) is 2.62. The zero-order chi connectivity index (χ0) is 12.5. The zero-order valence-corrected chi connectivity index (χ0v) is 10.5. The third-order valence-electron chi connectivity index (χ3n) is 3.27. The Morgan fingerprint density at radius 2 is 2.47 bits per heavy atom. The molecule has 0 aromatic carbocycles. The summed E-state index contributed by atoms with van der Waals surface area (Å²) in [4.78, 5) is 19.4. The summed E-state index contributed by atoms with van der Waals surface area (Å²) in [7, 11) is 0. The van der Waals surface area contributed by atoms with E-state index in [9.17, 15) is 4.79 Å². The number of rotatable bonds is 4. The molecule has 1 heterocycles. The van der Waals surface area contributed by atoms with Gasteiger partial charge >= 0.3 is 0 Å². The van der Waals surface area contributed by atoms with Crippen molar-refractivity contribution in [3.8, 4) is 0 Å². The highest BCUT2D eigenvalue weighted by atomic mass is 32.1. The number of thiocarbonyl (C=S) groups is 1. The lowest BCUT2D eigenvalue weighted by molar-refractivity contribution is -0.133. The molecular weight excluding hydrogens is 236 g/mol. The van der Waals surface area contributed by atoms with Crippen LogP contribution in [0.2, 0.25) is 0 Å². The molecule has 1 aliphatic rings. The Kier molecular flexibility index (Phi) is 3.15. The number of carbonyl (C=O) groups is 1. The van der Waals surface area contributed by atoms with Crippen molar-refractivity contribution < 1.29 is 4.79 Å². The molecule has 0 unspecified atom stereocenters. The lowest BCUT2D eigenvalue weighted by Crippen LogP contribution is -2.55. The molecule has 1 aromatic heterocycles. The minimum Gasteiger partial charge on any atom is -0.392 e. The number of imidazole rings is 1. The molecule has 0 atom stereocenters. The van der Waals surface area contributed by atoms with Crippen molar-refractivity contribution in [2.75, 3.05) is 0 Å². The summed E-state index contributed by atoms with van der Waals surface area (Å²) in [5.74, 6) is 1.15. The lowest BCUT2D eigenvalue weighted by Gasteiger charge is -2.44. The van der Waals surface area contributed by atoms with Crippen LogP contribution >= 0.6 is 12.2 Å². The van der Waals surface area contributed by atoms with Gasteiger partial charge in [0.05, 0.1) is 16.9 Å². The van der Waals surface area contributed by atoms with Gasteiger partial charge in [0.2, 0.25) is 5.91 Å². The summed E-state index contributed by atoms with van der Waals surface area (Å²) in [5, 5.41) is 2.83. The van der Waals surface area contributed by atoms with Crippen LogP contribution in [0.25, 0.3) is 0 Å². The molecule has 2 rings (SSSR count). The first-order valence-corrected chi connectivity index (χ1v) is 6.02. The van der Waals surface area contributed by atoms with E-state index in [1.807, 2.05) is 0 Å². The Bertz CT molecular complexity index is 423. The fraction of sp³-hybridized carbons (Fsp3) is 0.545. The van der Waals surface area contributed by atoms with Gasteiger partial charge in [0, 0.05) is 12.4 Å². The van der Waals surface area contributed by atoms with E-state index in [4.69, 9.17) is 18.0 Å². The smallest absolute Gasteiger partial charge is 0.233 e. The molecule has 17 heavy (non-hydrogen) atoms. The van der Waals surface area contributed by atoms with E-state index < -0.39 is 5.41 Å². The van der Waals surface area contributed by atoms with Crippen LogP contribution < -0.4 is 11.1 Å². The van der Waals surface area contributed by atoms with Crippen molar-refractivity contribution in [2.45, 2.75) is 26.3 Å². The van der Waals surface area contributed by atoms with Gasteiger partial charge in [-0.1, -0.05) is 19.1 Å². The van der Waals surface area contributed by atoms with Crippen LogP contribution in [-0.4, -0.2) is 20.9 Å². The third kappa shape index (κ3) is 2.17. The summed E-state index contributed by atoms with van der Waals surface area (Å²) in [6, 6.07) is 0. The molecule has 6 heteroatoms. The number of hydrogen-bond donors (Lipinski definition) is 3. The van der Waals surface area contributed by atoms with Crippen molar-refractivity contribution in [3.63, 3.8) is 0 Å². The molecule has 1 amide bonds. The van der Waals surface area contributed by atoms with Gasteiger partial charge in [0.1, 0.15) is 5.82 Å². The van der Waals surface area contributed by atoms with Crippen LogP contribution in [0.15, 0.2) is 12.4 Å². The Morgan fingerprint density at radius 3 is 2.94 bits per heavy atom. The van der Waals surface area contributed by atoms with Gasteiger partial charge in [-0.2, -0.15) is 0 Å². The van der Waals surface area contributed by atoms with Gasteiger partial charge in [-0.15, -0.1) is 0 Å². The Balaban J connectivity index is 1.96. The van der Waals surface area contributed by atoms with E-state index in [-0.39, 0.29) is 5.91 Å². The minimum absolute atomic E-state index is 0.0838. The molecule has 1 fully saturated rings. The molecule has 0 saturated heterocycles. The first kappa shape index (κ1) is 12.0. The fourth-order valence-electron chi connectivity index (χ4n) is 2.36. The Morgan fingerprint density at radius 1 is 1.76 bits per heavy atom. The van der Waals surface area contributed by atoms with Crippen LogP contribution in [0.3, 0.4) is 0 Å². The maximum absolute atomic E-state index is 12.1. The van der Waals surface area contributed by atoms with E-state index in [0.29, 0.717) is 17.5 Å². The minimum atomic E-state index is -0.638. The number of carbonyl (C=O) groups excluding carboxylic acids is 1. The monoisotopic (exact) mass is 252 g/mol. The number of hydrogen-bond acceptors (Lipinski definition) is 3. The molecule has 0 spiro atoms. The largest absolute Gasteiger partial charge is 0.392 e. The summed E-state index contributed by atoms with van der Waals surface area (Å²) in [6.07, 6.45) is 4.85. The number of nitrogens with two attached hydrogens (primary N) is 1. The predicted octanol–water partition coefficient (Wildman–Crippen LogP) is 0.728. The summed E-state index contributed by atoms with van der Waals surface area (Å²) in [6.45, 7) is 2.47. The van der Waals surface area contributed by atoms with E-state index in [1.165, 1.54) is 0 Å². The van der Waals surface area contributed by atoms with Crippen molar-refractivity contribution in [1.82, 2.24) is 15.3 Å². The second-order valence-corrected chi connectivity index (χ2v) is 5.12. The maximum atomic E-state index is 12.1. The highest BCUT2D eigenvalue weighted by molar-refractivity contribution is 7.80. The van der Waals surface area contributed by atoms with E-state index in [1.54, 1.807) is 12.4 Å². The summed E-state index contributed by atoms with van der Waals surface area (Å²) < 4.78 is 0. The first-order chi connectivity index (χ1) is 8.04. The second-order valence-electron chi connectivity index (χ2n) is 4.68. The molecule has 1 saturated carbocycles. The van der Waals surface area contributed by atoms with Gasteiger partial charge in [-0.05, 0) is 18.8 Å². The van der Waals surface area contributed by atoms with Crippen LogP contribution in [0, 0.1) is 11.3 Å². The predicted molar refractivity (Wildman–Crippen MR) is 68.1 cm³/mol. The molecule has 92 valence electrons. The summed E-state index contributed by atoms with van der Waals surface area (Å²) in [5.41, 5.74) is 5.05. The second kappa shape index (κ2) is 4.44. The average molecular weight is 252 g/mol. The van der Waals surface area contributed by atoms with Gasteiger partial charge in [-0.25, -0.2) is 4.98 Å². The molecule has 0 bridgehead atoms. The lowest BCUT2D eigenvalue weighted by atomic mass is 9.62. The van der Waals surface area contributed by atoms with E-state index in [2.05, 4.69) is 22.2 Å². The van der Waals surface area contributed by atoms with Crippen molar-refractivity contribution in [1.29, 1.82) is 0 Å². The Hall–Kier alpha value is -1.43.